The van der Waals surface area contributed by atoms with Crippen LogP contribution in [-0.4, -0.2) is 58.8 Å². The van der Waals surface area contributed by atoms with Crippen LogP contribution in [0, 0.1) is 6.92 Å². The number of amides is 4. The van der Waals surface area contributed by atoms with Crippen LogP contribution in [0.25, 0.3) is 0 Å². The van der Waals surface area contributed by atoms with Crippen LogP contribution < -0.4 is 15.4 Å². The van der Waals surface area contributed by atoms with Crippen LogP contribution >= 0.6 is 0 Å². The first-order valence-electron chi connectivity index (χ1n) is 7.33. The number of hydrogen-bond donors (Lipinski definition) is 2. The highest BCUT2D eigenvalue weighted by atomic mass is 16.6. The normalized spacial score (nSPS) is 17.3. The van der Waals surface area contributed by atoms with Crippen molar-refractivity contribution in [2.75, 3.05) is 19.7 Å². The minimum absolute atomic E-state index is 0.102. The summed E-state index contributed by atoms with van der Waals surface area (Å²) in [7, 11) is 0. The van der Waals surface area contributed by atoms with Crippen LogP contribution in [0.2, 0.25) is 0 Å². The molecule has 0 aromatic carbocycles. The largest absolute Gasteiger partial charge is 0.472 e. The molecule has 10 nitrogen and oxygen atoms in total. The van der Waals surface area contributed by atoms with Crippen molar-refractivity contribution < 1.29 is 23.7 Å². The fourth-order valence-electron chi connectivity index (χ4n) is 2.10. The molecule has 1 atom stereocenters. The van der Waals surface area contributed by atoms with Crippen LogP contribution in [0.4, 0.5) is 4.79 Å². The first-order chi connectivity index (χ1) is 11.0. The Morgan fingerprint density at radius 2 is 2.22 bits per heavy atom. The number of imide groups is 1. The van der Waals surface area contributed by atoms with Crippen molar-refractivity contribution in [2.45, 2.75) is 32.7 Å². The number of aromatic nitrogens is 2. The lowest BCUT2D eigenvalue weighted by molar-refractivity contribution is -0.130. The van der Waals surface area contributed by atoms with Gasteiger partial charge in [-0.25, -0.2) is 9.42 Å². The molecule has 126 valence electrons. The molecule has 2 rings (SSSR count). The SMILES string of the molecule is CCCN1C(=O)N[C@@H](CC(=O)NCCOc2nonc2C)C1=O. The van der Waals surface area contributed by atoms with E-state index in [1.165, 1.54) is 0 Å². The number of nitrogens with zero attached hydrogens (tertiary/aromatic N) is 3. The molecule has 4 amide bonds. The number of carbonyl (C=O) groups excluding carboxylic acids is 3. The molecule has 0 saturated carbocycles. The molecule has 0 aliphatic carbocycles. The van der Waals surface area contributed by atoms with E-state index in [1.54, 1.807) is 6.92 Å². The van der Waals surface area contributed by atoms with Crippen LogP contribution in [0.15, 0.2) is 4.63 Å². The Kier molecular flexibility index (Phi) is 5.50. The zero-order valence-corrected chi connectivity index (χ0v) is 13.0. The highest BCUT2D eigenvalue weighted by Gasteiger charge is 2.38. The average molecular weight is 325 g/mol. The molecule has 0 unspecified atom stereocenters. The topological polar surface area (TPSA) is 127 Å². The number of ether oxygens (including phenoxy) is 1. The van der Waals surface area contributed by atoms with Crippen molar-refractivity contribution in [1.29, 1.82) is 0 Å². The van der Waals surface area contributed by atoms with E-state index in [0.29, 0.717) is 18.7 Å². The Bertz CT molecular complexity index is 587. The van der Waals surface area contributed by atoms with Gasteiger partial charge >= 0.3 is 6.03 Å². The van der Waals surface area contributed by atoms with Crippen molar-refractivity contribution in [3.63, 3.8) is 0 Å². The van der Waals surface area contributed by atoms with Crippen molar-refractivity contribution in [2.24, 2.45) is 0 Å². The average Bonchev–Trinajstić information content (AvgIpc) is 3.03. The Balaban J connectivity index is 1.70. The molecule has 1 saturated heterocycles. The number of aryl methyl sites for hydroxylation is 1. The maximum Gasteiger partial charge on any atom is 0.324 e. The number of hydrogen-bond acceptors (Lipinski definition) is 7. The third kappa shape index (κ3) is 4.18. The fraction of sp³-hybridized carbons (Fsp3) is 0.615. The highest BCUT2D eigenvalue weighted by Crippen LogP contribution is 2.10. The summed E-state index contributed by atoms with van der Waals surface area (Å²) < 4.78 is 9.73. The van der Waals surface area contributed by atoms with Crippen molar-refractivity contribution in [3.8, 4) is 5.88 Å². The van der Waals surface area contributed by atoms with Crippen LogP contribution in [0.3, 0.4) is 0 Å². The smallest absolute Gasteiger partial charge is 0.324 e. The summed E-state index contributed by atoms with van der Waals surface area (Å²) >= 11 is 0. The maximum atomic E-state index is 12.0. The number of nitrogens with one attached hydrogen (secondary N) is 2. The molecule has 1 aromatic heterocycles. The zero-order chi connectivity index (χ0) is 16.8. The first-order valence-corrected chi connectivity index (χ1v) is 7.33. The molecule has 1 aromatic rings. The maximum absolute atomic E-state index is 12.0. The Hall–Kier alpha value is -2.65. The summed E-state index contributed by atoms with van der Waals surface area (Å²) in [6.07, 6.45) is 0.571. The molecule has 2 heterocycles. The second-order valence-electron chi connectivity index (χ2n) is 5.05. The van der Waals surface area contributed by atoms with Crippen LogP contribution in [0.5, 0.6) is 5.88 Å². The van der Waals surface area contributed by atoms with E-state index in [2.05, 4.69) is 25.6 Å². The molecule has 10 heteroatoms. The Morgan fingerprint density at radius 1 is 1.43 bits per heavy atom. The van der Waals surface area contributed by atoms with E-state index < -0.39 is 12.1 Å². The van der Waals surface area contributed by atoms with E-state index >= 15 is 0 Å². The quantitative estimate of drug-likeness (QED) is 0.491. The standard InChI is InChI=1S/C13H19N5O5/c1-3-5-18-12(20)9(15-13(18)21)7-10(19)14-4-6-22-11-8(2)16-23-17-11/h9H,3-7H2,1-2H3,(H,14,19)(H,15,21)/t9-/m0/s1. The van der Waals surface area contributed by atoms with Gasteiger partial charge in [0.25, 0.3) is 11.8 Å². The molecule has 1 fully saturated rings. The predicted molar refractivity (Wildman–Crippen MR) is 76.5 cm³/mol. The summed E-state index contributed by atoms with van der Waals surface area (Å²) in [5, 5.41) is 12.2. The molecular weight excluding hydrogens is 306 g/mol. The third-order valence-electron chi connectivity index (χ3n) is 3.22. The molecule has 1 aliphatic heterocycles. The van der Waals surface area contributed by atoms with Gasteiger partial charge in [-0.3, -0.25) is 14.5 Å². The van der Waals surface area contributed by atoms with Crippen LogP contribution in [-0.2, 0) is 9.59 Å². The fourth-order valence-corrected chi connectivity index (χ4v) is 2.10. The molecule has 2 N–H and O–H groups in total. The Labute approximate surface area is 132 Å². The lowest BCUT2D eigenvalue weighted by Gasteiger charge is -2.11. The van der Waals surface area contributed by atoms with Gasteiger partial charge in [0.05, 0.1) is 13.0 Å². The van der Waals surface area contributed by atoms with Gasteiger partial charge in [-0.1, -0.05) is 12.1 Å². The van der Waals surface area contributed by atoms with Crippen molar-refractivity contribution in [1.82, 2.24) is 25.8 Å². The van der Waals surface area contributed by atoms with Crippen LogP contribution in [0.1, 0.15) is 25.5 Å². The summed E-state index contributed by atoms with van der Waals surface area (Å²) in [6.45, 7) is 4.32. The van der Waals surface area contributed by atoms with E-state index in [-0.39, 0.29) is 37.3 Å². The minimum atomic E-state index is -0.808. The van der Waals surface area contributed by atoms with Gasteiger partial charge in [-0.05, 0) is 18.5 Å². The van der Waals surface area contributed by atoms with Gasteiger partial charge in [-0.2, -0.15) is 0 Å². The summed E-state index contributed by atoms with van der Waals surface area (Å²) in [5.74, 6) is -0.444. The molecule has 0 spiro atoms. The van der Waals surface area contributed by atoms with Gasteiger partial charge in [-0.15, -0.1) is 0 Å². The monoisotopic (exact) mass is 325 g/mol. The first kappa shape index (κ1) is 16.7. The highest BCUT2D eigenvalue weighted by molar-refractivity contribution is 6.05. The summed E-state index contributed by atoms with van der Waals surface area (Å²) in [4.78, 5) is 36.5. The molecule has 0 radical (unpaired) electrons. The predicted octanol–water partition coefficient (Wildman–Crippen LogP) is -0.406. The van der Waals surface area contributed by atoms with E-state index in [4.69, 9.17) is 4.74 Å². The number of carbonyl (C=O) groups is 3. The van der Waals surface area contributed by atoms with E-state index in [0.717, 1.165) is 4.90 Å². The minimum Gasteiger partial charge on any atom is -0.472 e. The van der Waals surface area contributed by atoms with Crippen molar-refractivity contribution >= 4 is 17.8 Å². The summed E-state index contributed by atoms with van der Waals surface area (Å²) in [6, 6.07) is -1.26. The van der Waals surface area contributed by atoms with E-state index in [9.17, 15) is 14.4 Å². The molecule has 0 bridgehead atoms. The van der Waals surface area contributed by atoms with Gasteiger partial charge in [0, 0.05) is 6.54 Å². The lowest BCUT2D eigenvalue weighted by atomic mass is 10.2. The second-order valence-corrected chi connectivity index (χ2v) is 5.05. The summed E-state index contributed by atoms with van der Waals surface area (Å²) in [5.41, 5.74) is 0.520. The van der Waals surface area contributed by atoms with Gasteiger partial charge in [0.15, 0.2) is 0 Å². The molecular formula is C13H19N5O5. The zero-order valence-electron chi connectivity index (χ0n) is 13.0. The number of rotatable bonds is 8. The molecule has 23 heavy (non-hydrogen) atoms. The lowest BCUT2D eigenvalue weighted by Crippen LogP contribution is -2.37. The van der Waals surface area contributed by atoms with Gasteiger partial charge < -0.3 is 15.4 Å². The molecule has 1 aliphatic rings. The third-order valence-corrected chi connectivity index (χ3v) is 3.22. The Morgan fingerprint density at radius 3 is 2.87 bits per heavy atom. The van der Waals surface area contributed by atoms with Gasteiger partial charge in [0.1, 0.15) is 18.3 Å². The number of urea groups is 1. The van der Waals surface area contributed by atoms with Crippen molar-refractivity contribution in [3.05, 3.63) is 5.69 Å². The van der Waals surface area contributed by atoms with E-state index in [1.807, 2.05) is 6.92 Å². The van der Waals surface area contributed by atoms with Gasteiger partial charge in [0.2, 0.25) is 5.91 Å². The second kappa shape index (κ2) is 7.56.